The van der Waals surface area contributed by atoms with Crippen molar-refractivity contribution in [2.45, 2.75) is 13.5 Å². The fraction of sp³-hybridized carbons (Fsp3) is 0.118. The maximum absolute atomic E-state index is 11.2. The molecule has 3 aromatic rings. The van der Waals surface area contributed by atoms with Gasteiger partial charge in [-0.05, 0) is 55.5 Å². The first-order chi connectivity index (χ1) is 11.1. The molecule has 0 aliphatic rings. The van der Waals surface area contributed by atoms with Crippen molar-refractivity contribution in [2.24, 2.45) is 0 Å². The zero-order valence-electron chi connectivity index (χ0n) is 12.3. The lowest BCUT2D eigenvalue weighted by molar-refractivity contribution is 0.101. The third kappa shape index (κ3) is 3.76. The van der Waals surface area contributed by atoms with Crippen molar-refractivity contribution in [3.05, 3.63) is 64.9 Å². The molecule has 116 valence electrons. The van der Waals surface area contributed by atoms with Crippen LogP contribution in [0, 0.1) is 0 Å². The normalized spacial score (nSPS) is 10.5. The number of aromatic nitrogens is 2. The second-order valence-corrected chi connectivity index (χ2v) is 5.33. The van der Waals surface area contributed by atoms with Crippen LogP contribution in [0.4, 0.5) is 0 Å². The third-order valence-corrected chi connectivity index (χ3v) is 3.44. The van der Waals surface area contributed by atoms with E-state index in [-0.39, 0.29) is 12.4 Å². The maximum atomic E-state index is 11.2. The van der Waals surface area contributed by atoms with Gasteiger partial charge in [-0.1, -0.05) is 16.8 Å². The van der Waals surface area contributed by atoms with E-state index >= 15 is 0 Å². The standard InChI is InChI=1S/C17H13ClN2O3/c1-11(21)12-4-8-15(9-5-12)22-10-16-19-17(23-20-16)13-2-6-14(18)7-3-13/h2-9H,10H2,1H3. The van der Waals surface area contributed by atoms with Gasteiger partial charge in [-0.15, -0.1) is 0 Å². The van der Waals surface area contributed by atoms with E-state index in [1.807, 2.05) is 0 Å². The minimum absolute atomic E-state index is 0.0160. The molecule has 0 bridgehead atoms. The molecule has 1 heterocycles. The molecule has 2 aromatic carbocycles. The Balaban J connectivity index is 1.65. The fourth-order valence-corrected chi connectivity index (χ4v) is 2.08. The number of hydrogen-bond donors (Lipinski definition) is 0. The van der Waals surface area contributed by atoms with Gasteiger partial charge in [-0.3, -0.25) is 4.79 Å². The van der Waals surface area contributed by atoms with E-state index < -0.39 is 0 Å². The number of ether oxygens (including phenoxy) is 1. The molecular weight excluding hydrogens is 316 g/mol. The second kappa shape index (κ2) is 6.62. The highest BCUT2D eigenvalue weighted by Gasteiger charge is 2.09. The van der Waals surface area contributed by atoms with Crippen molar-refractivity contribution >= 4 is 17.4 Å². The molecule has 0 radical (unpaired) electrons. The Hall–Kier alpha value is -2.66. The summed E-state index contributed by atoms with van der Waals surface area (Å²) in [4.78, 5) is 15.5. The molecule has 0 saturated heterocycles. The Morgan fingerprint density at radius 3 is 2.48 bits per heavy atom. The summed E-state index contributed by atoms with van der Waals surface area (Å²) in [6.45, 7) is 1.70. The topological polar surface area (TPSA) is 65.2 Å². The van der Waals surface area contributed by atoms with Gasteiger partial charge in [0.1, 0.15) is 5.75 Å². The summed E-state index contributed by atoms with van der Waals surface area (Å²) < 4.78 is 10.8. The van der Waals surface area contributed by atoms with E-state index in [0.29, 0.717) is 28.1 Å². The molecule has 0 N–H and O–H groups in total. The van der Waals surface area contributed by atoms with E-state index in [0.717, 1.165) is 5.56 Å². The van der Waals surface area contributed by atoms with Crippen molar-refractivity contribution < 1.29 is 14.1 Å². The summed E-state index contributed by atoms with van der Waals surface area (Å²) in [5.74, 6) is 1.49. The minimum Gasteiger partial charge on any atom is -0.485 e. The summed E-state index contributed by atoms with van der Waals surface area (Å²) in [5, 5.41) is 4.52. The lowest BCUT2D eigenvalue weighted by Gasteiger charge is -2.03. The zero-order valence-corrected chi connectivity index (χ0v) is 13.1. The van der Waals surface area contributed by atoms with Gasteiger partial charge in [-0.25, -0.2) is 0 Å². The number of halogens is 1. The molecule has 0 unspecified atom stereocenters. The first-order valence-electron chi connectivity index (χ1n) is 6.94. The average Bonchev–Trinajstić information content (AvgIpc) is 3.03. The van der Waals surface area contributed by atoms with E-state index in [9.17, 15) is 4.79 Å². The Morgan fingerprint density at radius 1 is 1.13 bits per heavy atom. The largest absolute Gasteiger partial charge is 0.485 e. The van der Waals surface area contributed by atoms with Gasteiger partial charge in [-0.2, -0.15) is 4.98 Å². The minimum atomic E-state index is 0.0160. The summed E-state index contributed by atoms with van der Waals surface area (Å²) in [6.07, 6.45) is 0. The number of ketones is 1. The number of nitrogens with zero attached hydrogens (tertiary/aromatic N) is 2. The van der Waals surface area contributed by atoms with Crippen molar-refractivity contribution in [1.82, 2.24) is 10.1 Å². The van der Waals surface area contributed by atoms with Crippen LogP contribution >= 0.6 is 11.6 Å². The Labute approximate surface area is 137 Å². The third-order valence-electron chi connectivity index (χ3n) is 3.19. The highest BCUT2D eigenvalue weighted by Crippen LogP contribution is 2.20. The molecule has 0 saturated carbocycles. The van der Waals surface area contributed by atoms with Crippen LogP contribution in [0.25, 0.3) is 11.5 Å². The van der Waals surface area contributed by atoms with E-state index in [4.69, 9.17) is 20.9 Å². The van der Waals surface area contributed by atoms with Crippen LogP contribution in [0.2, 0.25) is 5.02 Å². The number of carbonyl (C=O) groups is 1. The average molecular weight is 329 g/mol. The van der Waals surface area contributed by atoms with E-state index in [1.165, 1.54) is 6.92 Å². The van der Waals surface area contributed by atoms with Crippen LogP contribution in [0.3, 0.4) is 0 Å². The SMILES string of the molecule is CC(=O)c1ccc(OCc2noc(-c3ccc(Cl)cc3)n2)cc1. The van der Waals surface area contributed by atoms with Crippen LogP contribution in [0.5, 0.6) is 5.75 Å². The highest BCUT2D eigenvalue weighted by atomic mass is 35.5. The van der Waals surface area contributed by atoms with Gasteiger partial charge in [0.25, 0.3) is 5.89 Å². The van der Waals surface area contributed by atoms with Gasteiger partial charge in [0.2, 0.25) is 5.82 Å². The molecule has 0 amide bonds. The number of carbonyl (C=O) groups excluding carboxylic acids is 1. The van der Waals surface area contributed by atoms with Gasteiger partial charge < -0.3 is 9.26 Å². The number of Topliss-reactive ketones (excluding diaryl/α,β-unsaturated/α-hetero) is 1. The van der Waals surface area contributed by atoms with Gasteiger partial charge in [0, 0.05) is 16.1 Å². The van der Waals surface area contributed by atoms with Crippen LogP contribution in [-0.2, 0) is 6.61 Å². The molecular formula is C17H13ClN2O3. The number of benzene rings is 2. The zero-order chi connectivity index (χ0) is 16.2. The summed E-state index contributed by atoms with van der Waals surface area (Å²) in [7, 11) is 0. The maximum Gasteiger partial charge on any atom is 0.258 e. The van der Waals surface area contributed by atoms with E-state index in [1.54, 1.807) is 48.5 Å². The lowest BCUT2D eigenvalue weighted by Crippen LogP contribution is -1.98. The first-order valence-corrected chi connectivity index (χ1v) is 7.32. The molecule has 0 spiro atoms. The van der Waals surface area contributed by atoms with Crippen molar-refractivity contribution in [3.8, 4) is 17.2 Å². The number of rotatable bonds is 5. The Kier molecular flexibility index (Phi) is 4.39. The van der Waals surface area contributed by atoms with Crippen LogP contribution in [0.15, 0.2) is 53.1 Å². The fourth-order valence-electron chi connectivity index (χ4n) is 1.96. The van der Waals surface area contributed by atoms with Gasteiger partial charge >= 0.3 is 0 Å². The highest BCUT2D eigenvalue weighted by molar-refractivity contribution is 6.30. The predicted molar refractivity (Wildman–Crippen MR) is 85.5 cm³/mol. The van der Waals surface area contributed by atoms with Crippen molar-refractivity contribution in [1.29, 1.82) is 0 Å². The Morgan fingerprint density at radius 2 is 1.83 bits per heavy atom. The summed E-state index contributed by atoms with van der Waals surface area (Å²) in [6, 6.07) is 14.0. The summed E-state index contributed by atoms with van der Waals surface area (Å²) >= 11 is 5.84. The predicted octanol–water partition coefficient (Wildman–Crippen LogP) is 4.17. The van der Waals surface area contributed by atoms with Crippen molar-refractivity contribution in [3.63, 3.8) is 0 Å². The summed E-state index contributed by atoms with van der Waals surface area (Å²) in [5.41, 5.74) is 1.43. The molecule has 1 aromatic heterocycles. The molecule has 0 atom stereocenters. The van der Waals surface area contributed by atoms with Crippen LogP contribution in [0.1, 0.15) is 23.1 Å². The van der Waals surface area contributed by atoms with E-state index in [2.05, 4.69) is 10.1 Å². The molecule has 3 rings (SSSR count). The molecule has 0 fully saturated rings. The quantitative estimate of drug-likeness (QED) is 0.657. The van der Waals surface area contributed by atoms with Gasteiger partial charge in [0.15, 0.2) is 12.4 Å². The molecule has 23 heavy (non-hydrogen) atoms. The Bertz CT molecular complexity index is 811. The second-order valence-electron chi connectivity index (χ2n) is 4.89. The van der Waals surface area contributed by atoms with Crippen LogP contribution in [-0.4, -0.2) is 15.9 Å². The smallest absolute Gasteiger partial charge is 0.258 e. The molecule has 6 heteroatoms. The molecule has 0 aliphatic carbocycles. The van der Waals surface area contributed by atoms with Gasteiger partial charge in [0.05, 0.1) is 0 Å². The lowest BCUT2D eigenvalue weighted by atomic mass is 10.1. The van der Waals surface area contributed by atoms with Crippen molar-refractivity contribution in [2.75, 3.05) is 0 Å². The monoisotopic (exact) mass is 328 g/mol. The van der Waals surface area contributed by atoms with Crippen LogP contribution < -0.4 is 4.74 Å². The first kappa shape index (κ1) is 15.2. The molecule has 5 nitrogen and oxygen atoms in total. The number of hydrogen-bond acceptors (Lipinski definition) is 5. The molecule has 0 aliphatic heterocycles.